The minimum absolute atomic E-state index is 0.146. The lowest BCUT2D eigenvalue weighted by atomic mass is 10.0. The lowest BCUT2D eigenvalue weighted by molar-refractivity contribution is -0.139. The van der Waals surface area contributed by atoms with Crippen LogP contribution in [0.3, 0.4) is 0 Å². The summed E-state index contributed by atoms with van der Waals surface area (Å²) in [4.78, 5) is 37.5. The zero-order valence-electron chi connectivity index (χ0n) is 17.7. The van der Waals surface area contributed by atoms with Gasteiger partial charge in [0.05, 0.1) is 11.3 Å². The molecule has 164 valence electrons. The fourth-order valence-corrected chi connectivity index (χ4v) is 3.60. The van der Waals surface area contributed by atoms with Gasteiger partial charge in [-0.05, 0) is 40.6 Å². The molecule has 2 amide bonds. The highest BCUT2D eigenvalue weighted by molar-refractivity contribution is 6.10. The van der Waals surface area contributed by atoms with Crippen molar-refractivity contribution in [2.45, 2.75) is 12.5 Å². The van der Waals surface area contributed by atoms with Gasteiger partial charge >= 0.3 is 5.97 Å². The molecule has 4 aromatic rings. The number of carbonyl (C=O) groups excluding carboxylic acids is 2. The van der Waals surface area contributed by atoms with Gasteiger partial charge in [0.15, 0.2) is 0 Å². The lowest BCUT2D eigenvalue weighted by Crippen LogP contribution is -2.42. The second kappa shape index (κ2) is 9.78. The molecule has 4 rings (SSSR count). The van der Waals surface area contributed by atoms with Crippen molar-refractivity contribution in [3.05, 3.63) is 114 Å². The minimum Gasteiger partial charge on any atom is -0.480 e. The van der Waals surface area contributed by atoms with Crippen molar-refractivity contribution >= 4 is 34.2 Å². The molecule has 0 aliphatic rings. The van der Waals surface area contributed by atoms with Crippen molar-refractivity contribution in [3.63, 3.8) is 0 Å². The summed E-state index contributed by atoms with van der Waals surface area (Å²) >= 11 is 0. The Morgan fingerprint density at radius 3 is 2.15 bits per heavy atom. The Morgan fingerprint density at radius 1 is 0.727 bits per heavy atom. The maximum atomic E-state index is 12.9. The summed E-state index contributed by atoms with van der Waals surface area (Å²) in [5, 5.41) is 16.9. The molecule has 0 radical (unpaired) electrons. The molecule has 0 bridgehead atoms. The Bertz CT molecular complexity index is 1320. The Balaban J connectivity index is 1.52. The summed E-state index contributed by atoms with van der Waals surface area (Å²) in [6, 6.07) is 27.6. The van der Waals surface area contributed by atoms with E-state index in [2.05, 4.69) is 10.6 Å². The molecule has 0 heterocycles. The number of carboxylic acid groups (broad SMARTS) is 1. The third-order valence-corrected chi connectivity index (χ3v) is 5.32. The number of carboxylic acids is 1. The van der Waals surface area contributed by atoms with Crippen molar-refractivity contribution in [2.75, 3.05) is 5.32 Å². The van der Waals surface area contributed by atoms with Crippen molar-refractivity contribution < 1.29 is 19.5 Å². The van der Waals surface area contributed by atoms with E-state index < -0.39 is 17.9 Å². The van der Waals surface area contributed by atoms with Gasteiger partial charge in [-0.1, -0.05) is 72.8 Å². The molecule has 0 aromatic heterocycles. The van der Waals surface area contributed by atoms with E-state index in [1.165, 1.54) is 0 Å². The van der Waals surface area contributed by atoms with Crippen LogP contribution in [0.1, 0.15) is 26.3 Å². The van der Waals surface area contributed by atoms with Crippen molar-refractivity contribution in [1.29, 1.82) is 0 Å². The predicted octanol–water partition coefficient (Wildman–Crippen LogP) is 4.52. The smallest absolute Gasteiger partial charge is 0.326 e. The van der Waals surface area contributed by atoms with Gasteiger partial charge in [-0.2, -0.15) is 0 Å². The van der Waals surface area contributed by atoms with E-state index in [0.717, 1.165) is 16.3 Å². The Labute approximate surface area is 190 Å². The van der Waals surface area contributed by atoms with Crippen molar-refractivity contribution in [1.82, 2.24) is 5.32 Å². The van der Waals surface area contributed by atoms with Gasteiger partial charge in [0.25, 0.3) is 11.8 Å². The molecule has 3 N–H and O–H groups in total. The van der Waals surface area contributed by atoms with Gasteiger partial charge in [-0.25, -0.2) is 4.79 Å². The predicted molar refractivity (Wildman–Crippen MR) is 127 cm³/mol. The number of nitrogens with one attached hydrogen (secondary N) is 2. The van der Waals surface area contributed by atoms with Crippen molar-refractivity contribution in [2.24, 2.45) is 0 Å². The average molecular weight is 438 g/mol. The molecule has 0 aliphatic carbocycles. The number of aliphatic carboxylic acids is 1. The molecule has 1 atom stereocenters. The van der Waals surface area contributed by atoms with Crippen LogP contribution in [0.4, 0.5) is 5.69 Å². The second-order valence-corrected chi connectivity index (χ2v) is 7.62. The second-order valence-electron chi connectivity index (χ2n) is 7.62. The van der Waals surface area contributed by atoms with E-state index in [4.69, 9.17) is 0 Å². The third kappa shape index (κ3) is 5.25. The van der Waals surface area contributed by atoms with Crippen LogP contribution in [0.2, 0.25) is 0 Å². The third-order valence-electron chi connectivity index (χ3n) is 5.32. The number of anilines is 1. The number of para-hydroxylation sites is 1. The summed E-state index contributed by atoms with van der Waals surface area (Å²) in [5.74, 6) is -2.07. The van der Waals surface area contributed by atoms with Gasteiger partial charge in [-0.15, -0.1) is 0 Å². The maximum absolute atomic E-state index is 12.9. The van der Waals surface area contributed by atoms with E-state index in [9.17, 15) is 19.5 Å². The number of rotatable bonds is 7. The summed E-state index contributed by atoms with van der Waals surface area (Å²) in [6.07, 6.45) is 0.146. The molecule has 33 heavy (non-hydrogen) atoms. The summed E-state index contributed by atoms with van der Waals surface area (Å²) < 4.78 is 0. The first kappa shape index (κ1) is 21.8. The normalized spacial score (nSPS) is 11.5. The SMILES string of the molecule is O=C(Nc1ccccc1C(=O)N[C@@H](Cc1ccccc1)C(=O)O)c1ccc2ccccc2c1. The first-order valence-electron chi connectivity index (χ1n) is 10.5. The van der Waals surface area contributed by atoms with E-state index in [1.807, 2.05) is 48.5 Å². The fraction of sp³-hybridized carbons (Fsp3) is 0.0741. The Morgan fingerprint density at radius 2 is 1.39 bits per heavy atom. The van der Waals surface area contributed by atoms with Gasteiger partial charge in [-0.3, -0.25) is 9.59 Å². The molecule has 0 aliphatic heterocycles. The average Bonchev–Trinajstić information content (AvgIpc) is 2.84. The highest BCUT2D eigenvalue weighted by Gasteiger charge is 2.23. The zero-order valence-corrected chi connectivity index (χ0v) is 17.7. The first-order chi connectivity index (χ1) is 16.0. The molecule has 0 fully saturated rings. The number of amides is 2. The van der Waals surface area contributed by atoms with E-state index >= 15 is 0 Å². The molecule has 0 spiro atoms. The van der Waals surface area contributed by atoms with Crippen LogP contribution in [0.25, 0.3) is 10.8 Å². The fourth-order valence-electron chi connectivity index (χ4n) is 3.60. The zero-order chi connectivity index (χ0) is 23.2. The molecule has 0 saturated carbocycles. The van der Waals surface area contributed by atoms with Crippen LogP contribution >= 0.6 is 0 Å². The summed E-state index contributed by atoms with van der Waals surface area (Å²) in [5.41, 5.74) is 1.74. The quantitative estimate of drug-likeness (QED) is 0.395. The Hall–Kier alpha value is -4.45. The van der Waals surface area contributed by atoms with Crippen LogP contribution in [0.15, 0.2) is 97.1 Å². The van der Waals surface area contributed by atoms with Gasteiger partial charge < -0.3 is 15.7 Å². The minimum atomic E-state index is -1.13. The summed E-state index contributed by atoms with van der Waals surface area (Å²) in [6.45, 7) is 0. The molecule has 4 aromatic carbocycles. The number of hydrogen-bond acceptors (Lipinski definition) is 3. The largest absolute Gasteiger partial charge is 0.480 e. The highest BCUT2D eigenvalue weighted by Crippen LogP contribution is 2.20. The molecule has 6 nitrogen and oxygen atoms in total. The molecule has 0 unspecified atom stereocenters. The number of carbonyl (C=O) groups is 3. The van der Waals surface area contributed by atoms with E-state index in [0.29, 0.717) is 11.3 Å². The molecule has 6 heteroatoms. The van der Waals surface area contributed by atoms with Crippen LogP contribution in [0.5, 0.6) is 0 Å². The van der Waals surface area contributed by atoms with Gasteiger partial charge in [0, 0.05) is 12.0 Å². The monoisotopic (exact) mass is 438 g/mol. The molecule has 0 saturated heterocycles. The topological polar surface area (TPSA) is 95.5 Å². The van der Waals surface area contributed by atoms with Crippen LogP contribution < -0.4 is 10.6 Å². The van der Waals surface area contributed by atoms with Crippen LogP contribution in [-0.2, 0) is 11.2 Å². The molecular formula is C27H22N2O4. The maximum Gasteiger partial charge on any atom is 0.326 e. The number of hydrogen-bond donors (Lipinski definition) is 3. The highest BCUT2D eigenvalue weighted by atomic mass is 16.4. The van der Waals surface area contributed by atoms with Crippen LogP contribution in [0, 0.1) is 0 Å². The number of fused-ring (bicyclic) bond motifs is 1. The van der Waals surface area contributed by atoms with Gasteiger partial charge in [0.2, 0.25) is 0 Å². The standard InChI is InChI=1S/C27H22N2O4/c30-25(21-15-14-19-10-4-5-11-20(19)17-21)28-23-13-7-6-12-22(23)26(31)29-24(27(32)33)16-18-8-2-1-3-9-18/h1-15,17,24H,16H2,(H,28,30)(H,29,31)(H,32,33)/t24-/m0/s1. The Kier molecular flexibility index (Phi) is 6.45. The van der Waals surface area contributed by atoms with E-state index in [1.54, 1.807) is 48.5 Å². The van der Waals surface area contributed by atoms with Crippen LogP contribution in [-0.4, -0.2) is 28.9 Å². The van der Waals surface area contributed by atoms with Crippen molar-refractivity contribution in [3.8, 4) is 0 Å². The van der Waals surface area contributed by atoms with E-state index in [-0.39, 0.29) is 17.9 Å². The number of benzene rings is 4. The lowest BCUT2D eigenvalue weighted by Gasteiger charge is -2.17. The summed E-state index contributed by atoms with van der Waals surface area (Å²) in [7, 11) is 0. The van der Waals surface area contributed by atoms with Gasteiger partial charge in [0.1, 0.15) is 6.04 Å². The first-order valence-corrected chi connectivity index (χ1v) is 10.5. The molecular weight excluding hydrogens is 416 g/mol.